The zero-order valence-electron chi connectivity index (χ0n) is 7.17. The Labute approximate surface area is 108 Å². The number of alkyl halides is 2. The van der Waals surface area contributed by atoms with Gasteiger partial charge in [-0.2, -0.15) is 0 Å². The summed E-state index contributed by atoms with van der Waals surface area (Å²) in [5.74, 6) is 0. The highest BCUT2D eigenvalue weighted by Gasteiger charge is 2.17. The molecule has 0 bridgehead atoms. The minimum atomic E-state index is -1.42. The van der Waals surface area contributed by atoms with Gasteiger partial charge in [0.2, 0.25) is 0 Å². The van der Waals surface area contributed by atoms with Crippen LogP contribution in [0, 0.1) is 0 Å². The quantitative estimate of drug-likeness (QED) is 0.615. The number of rotatable bonds is 3. The van der Waals surface area contributed by atoms with Crippen LogP contribution in [0.5, 0.6) is 0 Å². The molecule has 0 radical (unpaired) electrons. The van der Waals surface area contributed by atoms with Crippen LogP contribution in [0.4, 0.5) is 0 Å². The molecule has 1 aromatic carbocycles. The number of halogens is 3. The van der Waals surface area contributed by atoms with Gasteiger partial charge >= 0.3 is 7.12 Å². The van der Waals surface area contributed by atoms with Crippen LogP contribution in [0.1, 0.15) is 11.1 Å². The molecule has 2 nitrogen and oxygen atoms in total. The topological polar surface area (TPSA) is 40.5 Å². The predicted octanol–water partition coefficient (Wildman–Crippen LogP) is 1.92. The Morgan fingerprint density at radius 2 is 1.64 bits per heavy atom. The highest BCUT2D eigenvalue weighted by Crippen LogP contribution is 2.21. The maximum Gasteiger partial charge on any atom is 0.488 e. The van der Waals surface area contributed by atoms with Crippen LogP contribution in [-0.4, -0.2) is 17.2 Å². The van der Waals surface area contributed by atoms with Crippen LogP contribution >= 0.6 is 47.8 Å². The van der Waals surface area contributed by atoms with Crippen molar-refractivity contribution in [1.29, 1.82) is 0 Å². The van der Waals surface area contributed by atoms with E-state index < -0.39 is 7.12 Å². The molecule has 0 spiro atoms. The van der Waals surface area contributed by atoms with Gasteiger partial charge in [0, 0.05) is 15.1 Å². The van der Waals surface area contributed by atoms with Crippen molar-refractivity contribution in [2.45, 2.75) is 10.7 Å². The molecule has 0 aromatic heterocycles. The SMILES string of the molecule is OB(O)c1cc(CBr)c(Br)cc1CBr. The fraction of sp³-hybridized carbons (Fsp3) is 0.250. The lowest BCUT2D eigenvalue weighted by Crippen LogP contribution is -2.33. The predicted molar refractivity (Wildman–Crippen MR) is 69.2 cm³/mol. The Kier molecular flexibility index (Phi) is 5.13. The Hall–Kier alpha value is 0.645. The highest BCUT2D eigenvalue weighted by molar-refractivity contribution is 9.10. The van der Waals surface area contributed by atoms with Crippen molar-refractivity contribution in [3.05, 3.63) is 27.7 Å². The van der Waals surface area contributed by atoms with Crippen molar-refractivity contribution in [3.8, 4) is 0 Å². The fourth-order valence-electron chi connectivity index (χ4n) is 1.14. The molecule has 0 fully saturated rings. The van der Waals surface area contributed by atoms with E-state index in [0.717, 1.165) is 15.6 Å². The number of hydrogen-bond donors (Lipinski definition) is 2. The van der Waals surface area contributed by atoms with E-state index >= 15 is 0 Å². The van der Waals surface area contributed by atoms with Gasteiger partial charge in [-0.05, 0) is 22.7 Å². The summed E-state index contributed by atoms with van der Waals surface area (Å²) in [6, 6.07) is 3.67. The van der Waals surface area contributed by atoms with Gasteiger partial charge < -0.3 is 10.0 Å². The summed E-state index contributed by atoms with van der Waals surface area (Å²) in [5.41, 5.74) is 2.41. The maximum atomic E-state index is 9.15. The molecule has 0 saturated heterocycles. The first-order valence-electron chi connectivity index (χ1n) is 3.89. The average Bonchev–Trinajstić information content (AvgIpc) is 2.16. The van der Waals surface area contributed by atoms with Gasteiger partial charge in [0.05, 0.1) is 0 Å². The van der Waals surface area contributed by atoms with Crippen LogP contribution in [0.25, 0.3) is 0 Å². The standard InChI is InChI=1S/C8H8BBr3O2/c10-3-5-2-8(12)6(4-11)1-7(5)9(13)14/h1-2,13-14H,3-4H2. The van der Waals surface area contributed by atoms with Gasteiger partial charge in [-0.25, -0.2) is 0 Å². The molecule has 0 amide bonds. The summed E-state index contributed by atoms with van der Waals surface area (Å²) in [6.07, 6.45) is 0. The van der Waals surface area contributed by atoms with Crippen LogP contribution in [-0.2, 0) is 10.7 Å². The van der Waals surface area contributed by atoms with Crippen LogP contribution in [0.3, 0.4) is 0 Å². The smallest absolute Gasteiger partial charge is 0.423 e. The molecule has 6 heteroatoms. The summed E-state index contributed by atoms with van der Waals surface area (Å²) in [4.78, 5) is 0. The molecule has 0 saturated carbocycles. The second-order valence-electron chi connectivity index (χ2n) is 2.78. The van der Waals surface area contributed by atoms with Gasteiger partial charge in [0.25, 0.3) is 0 Å². The fourth-order valence-corrected chi connectivity index (χ4v) is 2.99. The largest absolute Gasteiger partial charge is 0.488 e. The molecule has 0 unspecified atom stereocenters. The third kappa shape index (κ3) is 2.82. The molecular weight excluding hydrogens is 379 g/mol. The zero-order chi connectivity index (χ0) is 10.7. The van der Waals surface area contributed by atoms with Gasteiger partial charge in [-0.15, -0.1) is 0 Å². The Morgan fingerprint density at radius 3 is 2.07 bits per heavy atom. The molecule has 0 aliphatic rings. The average molecular weight is 387 g/mol. The minimum absolute atomic E-state index is 0.541. The van der Waals surface area contributed by atoms with Gasteiger partial charge in [-0.1, -0.05) is 53.9 Å². The van der Waals surface area contributed by atoms with E-state index in [9.17, 15) is 0 Å². The second-order valence-corrected chi connectivity index (χ2v) is 4.76. The minimum Gasteiger partial charge on any atom is -0.423 e. The van der Waals surface area contributed by atoms with E-state index in [1.807, 2.05) is 6.07 Å². The molecule has 0 atom stereocenters. The van der Waals surface area contributed by atoms with Crippen LogP contribution in [0.15, 0.2) is 16.6 Å². The first-order chi connectivity index (χ1) is 6.60. The van der Waals surface area contributed by atoms with Gasteiger partial charge in [0.15, 0.2) is 0 Å². The van der Waals surface area contributed by atoms with Crippen molar-refractivity contribution in [3.63, 3.8) is 0 Å². The second kappa shape index (κ2) is 5.65. The summed E-state index contributed by atoms with van der Waals surface area (Å²) in [5, 5.41) is 19.6. The van der Waals surface area contributed by atoms with Crippen molar-refractivity contribution >= 4 is 60.4 Å². The lowest BCUT2D eigenvalue weighted by Gasteiger charge is -2.10. The Morgan fingerprint density at radius 1 is 1.07 bits per heavy atom. The Balaban J connectivity index is 3.25. The van der Waals surface area contributed by atoms with Crippen molar-refractivity contribution < 1.29 is 10.0 Å². The summed E-state index contributed by atoms with van der Waals surface area (Å²) in [7, 11) is -1.42. The molecule has 1 rings (SSSR count). The van der Waals surface area contributed by atoms with Crippen LogP contribution in [0.2, 0.25) is 0 Å². The number of benzene rings is 1. The molecule has 76 valence electrons. The van der Waals surface area contributed by atoms with E-state index in [1.54, 1.807) is 6.07 Å². The zero-order valence-corrected chi connectivity index (χ0v) is 11.9. The molecule has 0 aliphatic heterocycles. The molecule has 0 aliphatic carbocycles. The highest BCUT2D eigenvalue weighted by atomic mass is 79.9. The van der Waals surface area contributed by atoms with E-state index in [0.29, 0.717) is 16.1 Å². The van der Waals surface area contributed by atoms with Crippen molar-refractivity contribution in [2.75, 3.05) is 0 Å². The van der Waals surface area contributed by atoms with Gasteiger partial charge in [0.1, 0.15) is 0 Å². The molecule has 14 heavy (non-hydrogen) atoms. The van der Waals surface area contributed by atoms with E-state index in [4.69, 9.17) is 10.0 Å². The monoisotopic (exact) mass is 384 g/mol. The maximum absolute atomic E-state index is 9.15. The van der Waals surface area contributed by atoms with Crippen molar-refractivity contribution in [2.24, 2.45) is 0 Å². The molecule has 2 N–H and O–H groups in total. The van der Waals surface area contributed by atoms with Gasteiger partial charge in [-0.3, -0.25) is 0 Å². The molecule has 1 aromatic rings. The number of hydrogen-bond acceptors (Lipinski definition) is 2. The van der Waals surface area contributed by atoms with E-state index in [1.165, 1.54) is 0 Å². The first-order valence-corrected chi connectivity index (χ1v) is 6.93. The summed E-state index contributed by atoms with van der Waals surface area (Å²) in [6.45, 7) is 0. The normalized spacial score (nSPS) is 10.4. The lowest BCUT2D eigenvalue weighted by molar-refractivity contribution is 0.425. The first kappa shape index (κ1) is 12.7. The third-order valence-corrected chi connectivity index (χ3v) is 3.82. The Bertz CT molecular complexity index is 331. The summed E-state index contributed by atoms with van der Waals surface area (Å²) < 4.78 is 0.966. The van der Waals surface area contributed by atoms with Crippen molar-refractivity contribution in [1.82, 2.24) is 0 Å². The molecular formula is C8H8BBr3O2. The molecule has 0 heterocycles. The van der Waals surface area contributed by atoms with Crippen LogP contribution < -0.4 is 5.46 Å². The van der Waals surface area contributed by atoms with E-state index in [2.05, 4.69) is 47.8 Å². The summed E-state index contributed by atoms with van der Waals surface area (Å²) >= 11 is 10.1. The lowest BCUT2D eigenvalue weighted by atomic mass is 9.77. The third-order valence-electron chi connectivity index (χ3n) is 1.87. The van der Waals surface area contributed by atoms with E-state index in [-0.39, 0.29) is 0 Å².